The fourth-order valence-corrected chi connectivity index (χ4v) is 9.48. The summed E-state index contributed by atoms with van der Waals surface area (Å²) in [6.07, 6.45) is 16.1. The Morgan fingerprint density at radius 1 is 0.452 bits per heavy atom. The van der Waals surface area contributed by atoms with Crippen LogP contribution in [0.15, 0.2) is 48.5 Å². The van der Waals surface area contributed by atoms with E-state index in [1.165, 1.54) is 27.1 Å². The minimum absolute atomic E-state index is 0. The first-order valence-corrected chi connectivity index (χ1v) is 21.6. The number of carbonyl (C=O) groups excluding carboxylic acids is 4. The van der Waals surface area contributed by atoms with E-state index in [2.05, 4.69) is 4.74 Å². The summed E-state index contributed by atoms with van der Waals surface area (Å²) in [5.41, 5.74) is 3.20. The van der Waals surface area contributed by atoms with E-state index in [9.17, 15) is 28.8 Å². The Balaban J connectivity index is 0.000000438. The topological polar surface area (TPSA) is 229 Å². The van der Waals surface area contributed by atoms with Crippen LogP contribution in [0.25, 0.3) is 11.1 Å². The number of aliphatic carboxylic acids is 3. The second kappa shape index (κ2) is 29.2. The van der Waals surface area contributed by atoms with E-state index >= 15 is 0 Å². The molecule has 4 saturated carbocycles. The summed E-state index contributed by atoms with van der Waals surface area (Å²) >= 11 is 0. The first kappa shape index (κ1) is 56.7. The molecule has 4 fully saturated rings. The van der Waals surface area contributed by atoms with E-state index in [1.54, 1.807) is 38.1 Å². The van der Waals surface area contributed by atoms with Crippen molar-refractivity contribution in [3.05, 3.63) is 59.7 Å². The average Bonchev–Trinajstić information content (AvgIpc) is 3.26. The molecule has 4 aliphatic carbocycles. The van der Waals surface area contributed by atoms with Crippen LogP contribution in [-0.4, -0.2) is 76.4 Å². The van der Waals surface area contributed by atoms with E-state index < -0.39 is 17.9 Å². The summed E-state index contributed by atoms with van der Waals surface area (Å²) in [5, 5.41) is 25.3. The predicted molar refractivity (Wildman–Crippen MR) is 228 cm³/mol. The van der Waals surface area contributed by atoms with Crippen LogP contribution in [0, 0.1) is 47.3 Å². The fourth-order valence-electron chi connectivity index (χ4n) is 9.48. The predicted octanol–water partition coefficient (Wildman–Crippen LogP) is 6.39. The van der Waals surface area contributed by atoms with Crippen molar-refractivity contribution in [3.8, 4) is 11.1 Å². The van der Waals surface area contributed by atoms with Crippen LogP contribution < -0.4 is 51.4 Å². The van der Waals surface area contributed by atoms with E-state index in [-0.39, 0.29) is 92.3 Å². The Hall–Kier alpha value is -3.27. The van der Waals surface area contributed by atoms with Crippen LogP contribution in [0.4, 0.5) is 0 Å². The van der Waals surface area contributed by atoms with Gasteiger partial charge in [-0.2, -0.15) is 0 Å². The van der Waals surface area contributed by atoms with Gasteiger partial charge >= 0.3 is 75.3 Å². The third kappa shape index (κ3) is 18.8. The second-order valence-corrected chi connectivity index (χ2v) is 17.0. The van der Waals surface area contributed by atoms with Crippen LogP contribution in [0.1, 0.15) is 144 Å². The van der Waals surface area contributed by atoms with Crippen molar-refractivity contribution in [2.24, 2.45) is 47.3 Å². The Labute approximate surface area is 409 Å². The van der Waals surface area contributed by atoms with Gasteiger partial charge in [0.25, 0.3) is 5.97 Å². The molecular weight excluding hydrogens is 824 g/mol. The van der Waals surface area contributed by atoms with Crippen molar-refractivity contribution in [2.75, 3.05) is 14.2 Å². The number of esters is 2. The van der Waals surface area contributed by atoms with Gasteiger partial charge in [0, 0.05) is 18.4 Å². The molecule has 0 spiro atoms. The molecule has 14 heteroatoms. The smallest absolute Gasteiger partial charge is 0.870 e. The zero-order valence-corrected chi connectivity index (χ0v) is 40.6. The number of rotatable bonds is 9. The molecule has 0 unspecified atom stereocenters. The third-order valence-electron chi connectivity index (χ3n) is 13.2. The summed E-state index contributed by atoms with van der Waals surface area (Å²) in [4.78, 5) is 76.2. The largest absolute Gasteiger partial charge is 1.00 e. The van der Waals surface area contributed by atoms with Crippen LogP contribution in [0.3, 0.4) is 0 Å². The van der Waals surface area contributed by atoms with Gasteiger partial charge in [-0.3, -0.25) is 28.8 Å². The molecule has 62 heavy (non-hydrogen) atoms. The van der Waals surface area contributed by atoms with Gasteiger partial charge in [0.05, 0.1) is 37.5 Å². The molecular formula is C48H67KO13. The quantitative estimate of drug-likeness (QED) is 0.141. The molecule has 0 saturated heterocycles. The summed E-state index contributed by atoms with van der Waals surface area (Å²) in [5.74, 6) is 0.906. The van der Waals surface area contributed by atoms with Gasteiger partial charge in [-0.1, -0.05) is 36.4 Å². The number of ketones is 2. The van der Waals surface area contributed by atoms with Crippen LogP contribution in [0.2, 0.25) is 0 Å². The van der Waals surface area contributed by atoms with Crippen molar-refractivity contribution in [2.45, 2.75) is 124 Å². The van der Waals surface area contributed by atoms with Crippen molar-refractivity contribution in [1.29, 1.82) is 0 Å². The van der Waals surface area contributed by atoms with E-state index in [0.29, 0.717) is 34.7 Å². The van der Waals surface area contributed by atoms with Crippen molar-refractivity contribution < 1.29 is 115 Å². The molecule has 4 aliphatic rings. The van der Waals surface area contributed by atoms with E-state index in [1.807, 2.05) is 24.3 Å². The van der Waals surface area contributed by atoms with Crippen LogP contribution in [0.5, 0.6) is 0 Å². The summed E-state index contributed by atoms with van der Waals surface area (Å²) < 4.78 is 9.48. The zero-order chi connectivity index (χ0) is 44.4. The molecule has 2 aromatic carbocycles. The minimum Gasteiger partial charge on any atom is -0.870 e. The minimum atomic E-state index is -0.833. The van der Waals surface area contributed by atoms with Crippen LogP contribution >= 0.6 is 0 Å². The number of carboxylic acid groups (broad SMARTS) is 3. The van der Waals surface area contributed by atoms with Gasteiger partial charge < -0.3 is 30.3 Å². The number of Topliss-reactive ketones (excluding diaryl/α,β-unsaturated/α-hetero) is 2. The number of carboxylic acids is 3. The molecule has 338 valence electrons. The Morgan fingerprint density at radius 3 is 1.00 bits per heavy atom. The van der Waals surface area contributed by atoms with Gasteiger partial charge in [-0.05, 0) is 164 Å². The molecule has 0 bridgehead atoms. The number of hydrogen-bond acceptors (Lipinski definition) is 10. The standard InChI is InChI=1S/C16H26O3.C16H14O3.C14H22O4.C2H4O2.K.H2O/c2*1-11(17)12-3-5-13(6-4-12)14-7-9-15(10-8-14)16(18)19-2;15-13(16)11-5-1-9(2-6-11)10-3-7-12(8-4-10)14(17)18;1-2(3)4;;/h12-15H,3-10H2,1-2H3;3-10H,1-2H3;9-12H,1-8H2,(H,15,16)(H,17,18);1H3,(H,3,4);;1H2/q;;;;+1;/p-1. The van der Waals surface area contributed by atoms with Gasteiger partial charge in [0.2, 0.25) is 0 Å². The van der Waals surface area contributed by atoms with Crippen molar-refractivity contribution in [1.82, 2.24) is 0 Å². The number of hydrogen-bond donors (Lipinski definition) is 3. The average molecular weight is 891 g/mol. The summed E-state index contributed by atoms with van der Waals surface area (Å²) in [6.45, 7) is 4.35. The maximum atomic E-state index is 11.5. The first-order chi connectivity index (χ1) is 28.5. The molecule has 4 N–H and O–H groups in total. The monoisotopic (exact) mass is 890 g/mol. The Bertz CT molecular complexity index is 1670. The zero-order valence-electron chi connectivity index (χ0n) is 37.5. The maximum absolute atomic E-state index is 11.5. The maximum Gasteiger partial charge on any atom is 1.00 e. The van der Waals surface area contributed by atoms with Crippen LogP contribution in [-0.2, 0) is 33.4 Å². The van der Waals surface area contributed by atoms with E-state index in [0.717, 1.165) is 120 Å². The second-order valence-electron chi connectivity index (χ2n) is 17.0. The molecule has 0 atom stereocenters. The third-order valence-corrected chi connectivity index (χ3v) is 13.2. The van der Waals surface area contributed by atoms with Gasteiger partial charge in [0.1, 0.15) is 5.78 Å². The molecule has 0 radical (unpaired) electrons. The Kier molecular flexibility index (Phi) is 26.7. The van der Waals surface area contributed by atoms with E-state index in [4.69, 9.17) is 24.9 Å². The van der Waals surface area contributed by atoms with Gasteiger partial charge in [-0.15, -0.1) is 0 Å². The molecule has 0 aliphatic heterocycles. The van der Waals surface area contributed by atoms with Gasteiger partial charge in [-0.25, -0.2) is 4.79 Å². The number of ether oxygens (including phenoxy) is 2. The molecule has 0 amide bonds. The molecule has 2 aromatic rings. The first-order valence-electron chi connectivity index (χ1n) is 21.6. The number of carbonyl (C=O) groups is 7. The molecule has 0 aromatic heterocycles. The SMILES string of the molecule is CC(=O)O.COC(=O)C1CCC(C2CCC(C(C)=O)CC2)CC1.COC(=O)c1ccc(-c2ccc(C(C)=O)cc2)cc1.O=C(O)C1CCC(C2CCC(C(=O)O)CC2)CC1.[K+].[OH-]. The molecule has 0 heterocycles. The van der Waals surface area contributed by atoms with Crippen molar-refractivity contribution in [3.63, 3.8) is 0 Å². The van der Waals surface area contributed by atoms with Crippen molar-refractivity contribution >= 4 is 41.4 Å². The number of methoxy groups -OCH3 is 2. The Morgan fingerprint density at radius 2 is 0.742 bits per heavy atom. The number of benzene rings is 2. The normalized spacial score (nSPS) is 25.2. The summed E-state index contributed by atoms with van der Waals surface area (Å²) in [7, 11) is 2.84. The molecule has 6 rings (SSSR count). The fraction of sp³-hybridized carbons (Fsp3) is 0.604. The summed E-state index contributed by atoms with van der Waals surface area (Å²) in [6, 6.07) is 14.5. The van der Waals surface area contributed by atoms with Gasteiger partial charge in [0.15, 0.2) is 5.78 Å². The molecule has 13 nitrogen and oxygen atoms in total.